The summed E-state index contributed by atoms with van der Waals surface area (Å²) in [5.74, 6) is -0.0290. The highest BCUT2D eigenvalue weighted by Crippen LogP contribution is 2.28. The normalized spacial score (nSPS) is 11.1. The first-order chi connectivity index (χ1) is 14.9. The number of fused-ring (bicyclic) bond motifs is 1. The first-order valence-corrected chi connectivity index (χ1v) is 10.4. The van der Waals surface area contributed by atoms with Crippen molar-refractivity contribution in [2.24, 2.45) is 0 Å². The lowest BCUT2D eigenvalue weighted by atomic mass is 9.99. The first-order valence-electron chi connectivity index (χ1n) is 9.60. The Bertz CT molecular complexity index is 1270. The van der Waals surface area contributed by atoms with Gasteiger partial charge in [-0.15, -0.1) is 0 Å². The molecule has 0 aliphatic heterocycles. The van der Waals surface area contributed by atoms with E-state index in [1.165, 1.54) is 6.07 Å². The van der Waals surface area contributed by atoms with Crippen LogP contribution in [0.4, 0.5) is 9.18 Å². The number of rotatable bonds is 6. The zero-order valence-electron chi connectivity index (χ0n) is 16.3. The molecule has 4 aromatic rings. The second-order valence-corrected chi connectivity index (χ2v) is 8.02. The summed E-state index contributed by atoms with van der Waals surface area (Å²) in [6.45, 7) is 0.527. The molecule has 0 radical (unpaired) electrons. The van der Waals surface area contributed by atoms with Crippen molar-refractivity contribution in [1.82, 2.24) is 4.57 Å². The molecule has 0 bridgehead atoms. The summed E-state index contributed by atoms with van der Waals surface area (Å²) < 4.78 is 21.0. The van der Waals surface area contributed by atoms with Crippen LogP contribution in [0.5, 0.6) is 5.75 Å². The minimum atomic E-state index is -1.35. The lowest BCUT2D eigenvalue weighted by Crippen LogP contribution is -2.05. The standard InChI is InChI=1S/C24H18Cl2FNO3/c25-18-8-6-15(4-5-16-7-9-19(26)13-21(16)27)17(12-18)14-28-11-10-20-22(28)2-1-3-23(20)31-24(29)30/h1-3,6-13H,4-5,14H2,(H,29,30). The lowest BCUT2D eigenvalue weighted by Gasteiger charge is -2.13. The van der Waals surface area contributed by atoms with Gasteiger partial charge in [-0.1, -0.05) is 41.4 Å². The molecular formula is C24H18Cl2FNO3. The van der Waals surface area contributed by atoms with E-state index in [2.05, 4.69) is 0 Å². The minimum absolute atomic E-state index is 0.285. The van der Waals surface area contributed by atoms with Crippen LogP contribution in [-0.2, 0) is 19.4 Å². The Kier molecular flexibility index (Phi) is 6.16. The Labute approximate surface area is 188 Å². The summed E-state index contributed by atoms with van der Waals surface area (Å²) in [4.78, 5) is 10.9. The third-order valence-electron chi connectivity index (χ3n) is 5.16. The largest absolute Gasteiger partial charge is 0.511 e. The van der Waals surface area contributed by atoms with E-state index < -0.39 is 6.16 Å². The summed E-state index contributed by atoms with van der Waals surface area (Å²) in [5.41, 5.74) is 3.50. The van der Waals surface area contributed by atoms with Crippen LogP contribution < -0.4 is 4.74 Å². The molecule has 0 aliphatic carbocycles. The molecule has 1 aromatic heterocycles. The molecule has 158 valence electrons. The molecule has 31 heavy (non-hydrogen) atoms. The number of benzene rings is 3. The van der Waals surface area contributed by atoms with E-state index in [0.717, 1.165) is 16.6 Å². The van der Waals surface area contributed by atoms with Crippen molar-refractivity contribution in [2.45, 2.75) is 19.4 Å². The molecule has 3 aromatic carbocycles. The molecule has 0 spiro atoms. The number of hydrogen-bond acceptors (Lipinski definition) is 2. The number of aryl methyl sites for hydroxylation is 2. The number of carbonyl (C=O) groups is 1. The molecule has 1 heterocycles. The molecule has 0 unspecified atom stereocenters. The summed E-state index contributed by atoms with van der Waals surface area (Å²) in [7, 11) is 0. The van der Waals surface area contributed by atoms with Crippen molar-refractivity contribution in [1.29, 1.82) is 0 Å². The van der Waals surface area contributed by atoms with E-state index in [1.807, 2.05) is 41.1 Å². The second kappa shape index (κ2) is 9.00. The van der Waals surface area contributed by atoms with E-state index >= 15 is 0 Å². The number of carboxylic acid groups (broad SMARTS) is 1. The Morgan fingerprint density at radius 3 is 2.39 bits per heavy atom. The molecule has 4 rings (SSSR count). The van der Waals surface area contributed by atoms with Gasteiger partial charge in [-0.25, -0.2) is 9.18 Å². The maximum Gasteiger partial charge on any atom is 0.511 e. The topological polar surface area (TPSA) is 51.5 Å². The van der Waals surface area contributed by atoms with Crippen molar-refractivity contribution in [2.75, 3.05) is 0 Å². The van der Waals surface area contributed by atoms with Crippen LogP contribution in [0.1, 0.15) is 16.7 Å². The minimum Gasteiger partial charge on any atom is -0.449 e. The Morgan fingerprint density at radius 2 is 1.65 bits per heavy atom. The van der Waals surface area contributed by atoms with Gasteiger partial charge in [-0.3, -0.25) is 0 Å². The fourth-order valence-electron chi connectivity index (χ4n) is 3.68. The van der Waals surface area contributed by atoms with Crippen LogP contribution in [0, 0.1) is 5.82 Å². The fraction of sp³-hybridized carbons (Fsp3) is 0.125. The molecule has 0 amide bonds. The van der Waals surface area contributed by atoms with E-state index in [4.69, 9.17) is 33.0 Å². The summed E-state index contributed by atoms with van der Waals surface area (Å²) in [5, 5.41) is 10.6. The molecule has 1 N–H and O–H groups in total. The van der Waals surface area contributed by atoms with Gasteiger partial charge in [-0.05, 0) is 72.0 Å². The highest BCUT2D eigenvalue weighted by atomic mass is 35.5. The predicted octanol–water partition coefficient (Wildman–Crippen LogP) is 6.98. The van der Waals surface area contributed by atoms with Crippen LogP contribution in [-0.4, -0.2) is 15.8 Å². The summed E-state index contributed by atoms with van der Waals surface area (Å²) >= 11 is 12.1. The maximum absolute atomic E-state index is 14.2. The number of halogens is 3. The number of aromatic nitrogens is 1. The van der Waals surface area contributed by atoms with Gasteiger partial charge in [0.2, 0.25) is 0 Å². The van der Waals surface area contributed by atoms with Gasteiger partial charge in [0.05, 0.1) is 5.52 Å². The van der Waals surface area contributed by atoms with Gasteiger partial charge >= 0.3 is 6.16 Å². The molecule has 0 saturated carbocycles. The SMILES string of the molecule is O=C(O)Oc1cccc2c1ccn2Cc1cc(Cl)ccc1CCc1ccc(Cl)cc1F. The number of nitrogens with zero attached hydrogens (tertiary/aromatic N) is 1. The number of hydrogen-bond donors (Lipinski definition) is 1. The Balaban J connectivity index is 1.62. The van der Waals surface area contributed by atoms with Crippen molar-refractivity contribution in [3.05, 3.63) is 99.4 Å². The van der Waals surface area contributed by atoms with Gasteiger partial charge in [0, 0.05) is 28.2 Å². The Hall–Kier alpha value is -3.02. The average molecular weight is 458 g/mol. The maximum atomic E-state index is 14.2. The van der Waals surface area contributed by atoms with Gasteiger partial charge in [-0.2, -0.15) is 0 Å². The van der Waals surface area contributed by atoms with E-state index in [0.29, 0.717) is 40.4 Å². The molecule has 0 saturated heterocycles. The van der Waals surface area contributed by atoms with Crippen LogP contribution in [0.3, 0.4) is 0 Å². The van der Waals surface area contributed by atoms with Gasteiger partial charge in [0.1, 0.15) is 11.6 Å². The van der Waals surface area contributed by atoms with Crippen molar-refractivity contribution < 1.29 is 19.0 Å². The van der Waals surface area contributed by atoms with Gasteiger partial charge in [0.15, 0.2) is 0 Å². The third-order valence-corrected chi connectivity index (χ3v) is 5.63. The molecule has 7 heteroatoms. The smallest absolute Gasteiger partial charge is 0.449 e. The lowest BCUT2D eigenvalue weighted by molar-refractivity contribution is 0.145. The van der Waals surface area contributed by atoms with Crippen molar-refractivity contribution in [3.63, 3.8) is 0 Å². The highest BCUT2D eigenvalue weighted by molar-refractivity contribution is 6.30. The average Bonchev–Trinajstić information content (AvgIpc) is 3.12. The van der Waals surface area contributed by atoms with Gasteiger partial charge in [0.25, 0.3) is 0 Å². The Morgan fingerprint density at radius 1 is 0.935 bits per heavy atom. The van der Waals surface area contributed by atoms with E-state index in [1.54, 1.807) is 24.3 Å². The quantitative estimate of drug-likeness (QED) is 0.251. The molecule has 4 nitrogen and oxygen atoms in total. The summed E-state index contributed by atoms with van der Waals surface area (Å²) in [6, 6.07) is 17.5. The first kappa shape index (κ1) is 21.2. The van der Waals surface area contributed by atoms with Crippen molar-refractivity contribution >= 4 is 40.3 Å². The second-order valence-electron chi connectivity index (χ2n) is 7.15. The molecule has 0 atom stereocenters. The van der Waals surface area contributed by atoms with Crippen LogP contribution in [0.2, 0.25) is 10.0 Å². The highest BCUT2D eigenvalue weighted by Gasteiger charge is 2.12. The van der Waals surface area contributed by atoms with Crippen LogP contribution in [0.25, 0.3) is 10.9 Å². The van der Waals surface area contributed by atoms with Crippen LogP contribution >= 0.6 is 23.2 Å². The molecule has 0 aliphatic rings. The fourth-order valence-corrected chi connectivity index (χ4v) is 4.03. The zero-order chi connectivity index (χ0) is 22.0. The molecular weight excluding hydrogens is 440 g/mol. The van der Waals surface area contributed by atoms with E-state index in [9.17, 15) is 9.18 Å². The predicted molar refractivity (Wildman–Crippen MR) is 120 cm³/mol. The van der Waals surface area contributed by atoms with E-state index in [-0.39, 0.29) is 11.6 Å². The van der Waals surface area contributed by atoms with Crippen LogP contribution in [0.15, 0.2) is 66.9 Å². The third kappa shape index (κ3) is 4.84. The number of ether oxygens (including phenoxy) is 1. The zero-order valence-corrected chi connectivity index (χ0v) is 17.8. The molecule has 0 fully saturated rings. The van der Waals surface area contributed by atoms with Gasteiger partial charge < -0.3 is 14.4 Å². The summed E-state index contributed by atoms with van der Waals surface area (Å²) in [6.07, 6.45) is 1.69. The monoisotopic (exact) mass is 457 g/mol. The van der Waals surface area contributed by atoms with Crippen molar-refractivity contribution in [3.8, 4) is 5.75 Å².